The number of benzene rings is 2. The Morgan fingerprint density at radius 1 is 1.19 bits per heavy atom. The second-order valence-corrected chi connectivity index (χ2v) is 6.41. The van der Waals surface area contributed by atoms with Gasteiger partial charge in [-0.25, -0.2) is 4.99 Å². The molecule has 27 heavy (non-hydrogen) atoms. The van der Waals surface area contributed by atoms with E-state index in [0.717, 1.165) is 16.8 Å². The maximum Gasteiger partial charge on any atom is 0.249 e. The van der Waals surface area contributed by atoms with Crippen molar-refractivity contribution in [2.75, 3.05) is 17.7 Å². The molecule has 140 valence electrons. The number of nitrogens with one attached hydrogen (secondary N) is 3. The summed E-state index contributed by atoms with van der Waals surface area (Å²) in [6, 6.07) is 12.1. The van der Waals surface area contributed by atoms with Crippen LogP contribution in [0.15, 0.2) is 47.5 Å². The summed E-state index contributed by atoms with van der Waals surface area (Å²) in [5.74, 6) is 0.373. The number of hydrogen-bond donors (Lipinski definition) is 3. The Morgan fingerprint density at radius 3 is 2.59 bits per heavy atom. The van der Waals surface area contributed by atoms with Gasteiger partial charge in [0, 0.05) is 11.4 Å². The van der Waals surface area contributed by atoms with Crippen LogP contribution in [0.5, 0.6) is 5.75 Å². The summed E-state index contributed by atoms with van der Waals surface area (Å²) in [6.45, 7) is 3.98. The number of methoxy groups -OCH3 is 1. The van der Waals surface area contributed by atoms with Crippen molar-refractivity contribution in [3.8, 4) is 5.75 Å². The zero-order chi connectivity index (χ0) is 19.4. The second-order valence-electron chi connectivity index (χ2n) is 6.41. The highest BCUT2D eigenvalue weighted by molar-refractivity contribution is 6.10. The molecule has 0 bridgehead atoms. The van der Waals surface area contributed by atoms with E-state index >= 15 is 0 Å². The molecule has 2 aromatic carbocycles. The zero-order valence-electron chi connectivity index (χ0n) is 15.5. The summed E-state index contributed by atoms with van der Waals surface area (Å²) in [5, 5.41) is 8.54. The van der Waals surface area contributed by atoms with Gasteiger partial charge in [-0.3, -0.25) is 14.9 Å². The van der Waals surface area contributed by atoms with Gasteiger partial charge in [0.15, 0.2) is 0 Å². The quantitative estimate of drug-likeness (QED) is 0.776. The van der Waals surface area contributed by atoms with Crippen molar-refractivity contribution in [2.24, 2.45) is 4.99 Å². The van der Waals surface area contributed by atoms with Crippen molar-refractivity contribution in [1.82, 2.24) is 5.32 Å². The van der Waals surface area contributed by atoms with E-state index < -0.39 is 6.04 Å². The standard InChI is InChI=1S/C20H22N4O3/c1-12-4-9-16(13(2)10-12)22-20-23-17(11-18(25)24-20)19(26)21-14-5-7-15(27-3)8-6-14/h4-10,17H,11H2,1-3H3,(H,21,26)(H2,22,23,24,25). The molecular formula is C20H22N4O3. The van der Waals surface area contributed by atoms with Crippen molar-refractivity contribution < 1.29 is 14.3 Å². The van der Waals surface area contributed by atoms with Gasteiger partial charge in [0.05, 0.1) is 13.5 Å². The fourth-order valence-electron chi connectivity index (χ4n) is 2.79. The highest BCUT2D eigenvalue weighted by Crippen LogP contribution is 2.18. The number of carbonyl (C=O) groups excluding carboxylic acids is 2. The van der Waals surface area contributed by atoms with Crippen LogP contribution in [0.1, 0.15) is 17.5 Å². The summed E-state index contributed by atoms with van der Waals surface area (Å²) >= 11 is 0. The molecule has 0 aromatic heterocycles. The lowest BCUT2D eigenvalue weighted by molar-refractivity contribution is -0.124. The Labute approximate surface area is 157 Å². The Hall–Kier alpha value is -3.35. The van der Waals surface area contributed by atoms with Gasteiger partial charge in [-0.1, -0.05) is 17.7 Å². The lowest BCUT2D eigenvalue weighted by atomic mass is 10.1. The van der Waals surface area contributed by atoms with Gasteiger partial charge < -0.3 is 15.4 Å². The third-order valence-electron chi connectivity index (χ3n) is 4.22. The molecule has 0 saturated carbocycles. The molecule has 2 aromatic rings. The van der Waals surface area contributed by atoms with Gasteiger partial charge in [-0.15, -0.1) is 0 Å². The van der Waals surface area contributed by atoms with E-state index in [-0.39, 0.29) is 24.2 Å². The van der Waals surface area contributed by atoms with E-state index in [1.54, 1.807) is 31.4 Å². The lowest BCUT2D eigenvalue weighted by Crippen LogP contribution is -2.45. The maximum atomic E-state index is 12.5. The van der Waals surface area contributed by atoms with Gasteiger partial charge in [-0.05, 0) is 49.7 Å². The van der Waals surface area contributed by atoms with Crippen LogP contribution < -0.4 is 20.7 Å². The van der Waals surface area contributed by atoms with Crippen LogP contribution in [0.2, 0.25) is 0 Å². The number of anilines is 2. The van der Waals surface area contributed by atoms with Crippen LogP contribution in [0.3, 0.4) is 0 Å². The summed E-state index contributed by atoms with van der Waals surface area (Å²) in [5.41, 5.74) is 3.61. The number of aliphatic imine (C=N–C) groups is 1. The van der Waals surface area contributed by atoms with E-state index in [0.29, 0.717) is 11.4 Å². The first kappa shape index (κ1) is 18.4. The zero-order valence-corrected chi connectivity index (χ0v) is 15.5. The van der Waals surface area contributed by atoms with Crippen LogP contribution in [-0.4, -0.2) is 30.9 Å². The molecule has 1 unspecified atom stereocenters. The van der Waals surface area contributed by atoms with Crippen molar-refractivity contribution >= 4 is 29.1 Å². The molecule has 0 radical (unpaired) electrons. The van der Waals surface area contributed by atoms with E-state index in [2.05, 4.69) is 20.9 Å². The number of rotatable bonds is 4. The fourth-order valence-corrected chi connectivity index (χ4v) is 2.79. The monoisotopic (exact) mass is 366 g/mol. The third kappa shape index (κ3) is 4.63. The maximum absolute atomic E-state index is 12.5. The first-order valence-corrected chi connectivity index (χ1v) is 8.61. The number of ether oxygens (including phenoxy) is 1. The van der Waals surface area contributed by atoms with Crippen LogP contribution in [0.25, 0.3) is 0 Å². The predicted octanol–water partition coefficient (Wildman–Crippen LogP) is 2.61. The molecule has 1 aliphatic rings. The van der Waals surface area contributed by atoms with Crippen LogP contribution in [-0.2, 0) is 9.59 Å². The molecule has 1 atom stereocenters. The molecule has 7 heteroatoms. The normalized spacial score (nSPS) is 16.2. The van der Waals surface area contributed by atoms with Gasteiger partial charge in [0.1, 0.15) is 11.8 Å². The molecule has 0 fully saturated rings. The minimum atomic E-state index is -0.797. The molecule has 3 rings (SSSR count). The summed E-state index contributed by atoms with van der Waals surface area (Å²) in [6.07, 6.45) is 0.0000476. The molecule has 0 spiro atoms. The first-order chi connectivity index (χ1) is 12.9. The predicted molar refractivity (Wildman–Crippen MR) is 105 cm³/mol. The van der Waals surface area contributed by atoms with E-state index in [1.807, 2.05) is 32.0 Å². The number of nitrogens with zero attached hydrogens (tertiary/aromatic N) is 1. The van der Waals surface area contributed by atoms with Crippen LogP contribution in [0, 0.1) is 13.8 Å². The second kappa shape index (κ2) is 7.90. The number of carbonyl (C=O) groups is 2. The molecule has 1 aliphatic heterocycles. The summed E-state index contributed by atoms with van der Waals surface area (Å²) in [4.78, 5) is 28.9. The van der Waals surface area contributed by atoms with Crippen molar-refractivity contribution in [2.45, 2.75) is 26.3 Å². The Kier molecular flexibility index (Phi) is 5.40. The highest BCUT2D eigenvalue weighted by Gasteiger charge is 2.27. The number of amides is 2. The smallest absolute Gasteiger partial charge is 0.249 e. The fraction of sp³-hybridized carbons (Fsp3) is 0.250. The Morgan fingerprint density at radius 2 is 1.93 bits per heavy atom. The van der Waals surface area contributed by atoms with E-state index in [9.17, 15) is 9.59 Å². The topological polar surface area (TPSA) is 91.8 Å². The van der Waals surface area contributed by atoms with E-state index in [4.69, 9.17) is 4.74 Å². The molecular weight excluding hydrogens is 344 g/mol. The average molecular weight is 366 g/mol. The Bertz CT molecular complexity index is 891. The number of aryl methyl sites for hydroxylation is 2. The first-order valence-electron chi connectivity index (χ1n) is 8.61. The average Bonchev–Trinajstić information content (AvgIpc) is 2.64. The minimum Gasteiger partial charge on any atom is -0.497 e. The molecule has 7 nitrogen and oxygen atoms in total. The molecule has 0 aliphatic carbocycles. The number of guanidine groups is 1. The van der Waals surface area contributed by atoms with Gasteiger partial charge in [0.2, 0.25) is 17.8 Å². The highest BCUT2D eigenvalue weighted by atomic mass is 16.5. The summed E-state index contributed by atoms with van der Waals surface area (Å²) in [7, 11) is 1.58. The molecule has 0 saturated heterocycles. The lowest BCUT2D eigenvalue weighted by Gasteiger charge is -2.22. The van der Waals surface area contributed by atoms with Gasteiger partial charge >= 0.3 is 0 Å². The Balaban J connectivity index is 1.72. The molecule has 2 amide bonds. The minimum absolute atomic E-state index is 0.0000476. The number of hydrogen-bond acceptors (Lipinski definition) is 5. The summed E-state index contributed by atoms with van der Waals surface area (Å²) < 4.78 is 5.10. The SMILES string of the molecule is COc1ccc(NC(=O)C2CC(=O)NC(Nc3ccc(C)cc3C)=N2)cc1. The molecule has 3 N–H and O–H groups in total. The van der Waals surface area contributed by atoms with Crippen LogP contribution >= 0.6 is 0 Å². The van der Waals surface area contributed by atoms with Crippen molar-refractivity contribution in [1.29, 1.82) is 0 Å². The van der Waals surface area contributed by atoms with Crippen molar-refractivity contribution in [3.63, 3.8) is 0 Å². The van der Waals surface area contributed by atoms with Crippen LogP contribution in [0.4, 0.5) is 11.4 Å². The third-order valence-corrected chi connectivity index (χ3v) is 4.22. The van der Waals surface area contributed by atoms with E-state index in [1.165, 1.54) is 0 Å². The van der Waals surface area contributed by atoms with Gasteiger partial charge in [-0.2, -0.15) is 0 Å². The largest absolute Gasteiger partial charge is 0.497 e. The van der Waals surface area contributed by atoms with Gasteiger partial charge in [0.25, 0.3) is 0 Å². The van der Waals surface area contributed by atoms with Crippen molar-refractivity contribution in [3.05, 3.63) is 53.6 Å². The molecule has 1 heterocycles.